The Labute approximate surface area is 145 Å². The molecule has 25 heavy (non-hydrogen) atoms. The van der Waals surface area contributed by atoms with E-state index in [-0.39, 0.29) is 17.6 Å². The van der Waals surface area contributed by atoms with Gasteiger partial charge in [0.2, 0.25) is 0 Å². The summed E-state index contributed by atoms with van der Waals surface area (Å²) in [4.78, 5) is 6.65. The number of pyridine rings is 1. The van der Waals surface area contributed by atoms with Crippen LogP contribution < -0.4 is 0 Å². The first-order valence-electron chi connectivity index (χ1n) is 8.37. The van der Waals surface area contributed by atoms with E-state index in [4.69, 9.17) is 4.74 Å². The van der Waals surface area contributed by atoms with Crippen molar-refractivity contribution in [3.05, 3.63) is 71.7 Å². The number of hydrogen-bond acceptors (Lipinski definition) is 4. The molecule has 4 rings (SSSR count). The lowest BCUT2D eigenvalue weighted by Crippen LogP contribution is -2.39. The predicted octanol–water partition coefficient (Wildman–Crippen LogP) is 3.50. The van der Waals surface area contributed by atoms with Crippen molar-refractivity contribution in [2.75, 3.05) is 26.3 Å². The zero-order valence-corrected chi connectivity index (χ0v) is 13.7. The molecule has 1 saturated heterocycles. The van der Waals surface area contributed by atoms with Crippen molar-refractivity contribution in [2.45, 2.75) is 6.04 Å². The van der Waals surface area contributed by atoms with E-state index in [1.807, 2.05) is 18.2 Å². The van der Waals surface area contributed by atoms with Crippen molar-refractivity contribution >= 4 is 10.9 Å². The van der Waals surface area contributed by atoms with E-state index in [0.717, 1.165) is 35.1 Å². The Kier molecular flexibility index (Phi) is 4.34. The Balaban J connectivity index is 1.84. The van der Waals surface area contributed by atoms with Crippen LogP contribution in [-0.4, -0.2) is 41.3 Å². The first kappa shape index (κ1) is 16.0. The van der Waals surface area contributed by atoms with E-state index in [2.05, 4.69) is 9.88 Å². The van der Waals surface area contributed by atoms with Gasteiger partial charge in [0.05, 0.1) is 24.8 Å². The quantitative estimate of drug-likeness (QED) is 0.794. The smallest absolute Gasteiger partial charge is 0.123 e. The summed E-state index contributed by atoms with van der Waals surface area (Å²) in [5.41, 5.74) is 2.55. The number of hydrogen-bond donors (Lipinski definition) is 1. The molecule has 0 amide bonds. The maximum Gasteiger partial charge on any atom is 0.123 e. The topological polar surface area (TPSA) is 45.6 Å². The molecule has 128 valence electrons. The Morgan fingerprint density at radius 3 is 2.60 bits per heavy atom. The lowest BCUT2D eigenvalue weighted by atomic mass is 9.94. The second kappa shape index (κ2) is 6.78. The highest BCUT2D eigenvalue weighted by Gasteiger charge is 2.27. The van der Waals surface area contributed by atoms with Crippen LogP contribution in [0.1, 0.15) is 17.2 Å². The molecule has 0 radical (unpaired) electrons. The molecule has 1 aliphatic heterocycles. The van der Waals surface area contributed by atoms with Crippen LogP contribution in [0, 0.1) is 5.82 Å². The highest BCUT2D eigenvalue weighted by Crippen LogP contribution is 2.36. The maximum absolute atomic E-state index is 13.4. The maximum atomic E-state index is 13.4. The third-order valence-electron chi connectivity index (χ3n) is 4.64. The summed E-state index contributed by atoms with van der Waals surface area (Å²) in [6.45, 7) is 2.79. The molecule has 1 aliphatic rings. The van der Waals surface area contributed by atoms with Crippen molar-refractivity contribution in [1.82, 2.24) is 9.88 Å². The number of morpholine rings is 1. The van der Waals surface area contributed by atoms with Gasteiger partial charge in [0, 0.05) is 30.2 Å². The molecule has 2 heterocycles. The number of aromatic nitrogens is 1. The zero-order valence-electron chi connectivity index (χ0n) is 13.7. The fraction of sp³-hybridized carbons (Fsp3) is 0.250. The SMILES string of the molecule is Oc1cc2cccnc2cc1C(c1ccc(F)cc1)N1CCOCC1. The first-order chi connectivity index (χ1) is 12.2. The highest BCUT2D eigenvalue weighted by molar-refractivity contribution is 5.81. The Hall–Kier alpha value is -2.50. The van der Waals surface area contributed by atoms with Gasteiger partial charge in [-0.15, -0.1) is 0 Å². The summed E-state index contributed by atoms with van der Waals surface area (Å²) < 4.78 is 18.9. The molecule has 0 bridgehead atoms. The van der Waals surface area contributed by atoms with Gasteiger partial charge in [-0.25, -0.2) is 4.39 Å². The second-order valence-electron chi connectivity index (χ2n) is 6.21. The normalized spacial score (nSPS) is 16.8. The van der Waals surface area contributed by atoms with Crippen LogP contribution in [0.25, 0.3) is 10.9 Å². The number of halogens is 1. The zero-order chi connectivity index (χ0) is 17.2. The molecule has 1 atom stereocenters. The Bertz CT molecular complexity index is 877. The number of rotatable bonds is 3. The van der Waals surface area contributed by atoms with Gasteiger partial charge in [-0.05, 0) is 35.9 Å². The van der Waals surface area contributed by atoms with Gasteiger partial charge in [-0.3, -0.25) is 9.88 Å². The van der Waals surface area contributed by atoms with Crippen molar-refractivity contribution in [3.63, 3.8) is 0 Å². The molecule has 3 aromatic rings. The predicted molar refractivity (Wildman–Crippen MR) is 94.0 cm³/mol. The molecule has 1 aromatic heterocycles. The van der Waals surface area contributed by atoms with Crippen LogP contribution in [0.5, 0.6) is 5.75 Å². The molecular weight excluding hydrogens is 319 g/mol. The number of phenols is 1. The van der Waals surface area contributed by atoms with Gasteiger partial charge in [-0.1, -0.05) is 18.2 Å². The second-order valence-corrected chi connectivity index (χ2v) is 6.21. The average Bonchev–Trinajstić information content (AvgIpc) is 2.65. The average molecular weight is 338 g/mol. The van der Waals surface area contributed by atoms with E-state index in [1.165, 1.54) is 12.1 Å². The number of ether oxygens (including phenoxy) is 1. The van der Waals surface area contributed by atoms with E-state index >= 15 is 0 Å². The van der Waals surface area contributed by atoms with Gasteiger partial charge in [0.15, 0.2) is 0 Å². The summed E-state index contributed by atoms with van der Waals surface area (Å²) in [6, 6.07) is 13.7. The van der Waals surface area contributed by atoms with Crippen molar-refractivity contribution < 1.29 is 14.2 Å². The van der Waals surface area contributed by atoms with Crippen LogP contribution in [0.3, 0.4) is 0 Å². The molecule has 4 nitrogen and oxygen atoms in total. The van der Waals surface area contributed by atoms with Crippen LogP contribution in [0.2, 0.25) is 0 Å². The van der Waals surface area contributed by atoms with Crippen LogP contribution >= 0.6 is 0 Å². The summed E-state index contributed by atoms with van der Waals surface area (Å²) in [7, 11) is 0. The van der Waals surface area contributed by atoms with Crippen molar-refractivity contribution in [1.29, 1.82) is 0 Å². The fourth-order valence-electron chi connectivity index (χ4n) is 3.41. The third kappa shape index (κ3) is 3.21. The van der Waals surface area contributed by atoms with Crippen molar-refractivity contribution in [2.24, 2.45) is 0 Å². The Morgan fingerprint density at radius 1 is 1.08 bits per heavy atom. The number of aromatic hydroxyl groups is 1. The highest BCUT2D eigenvalue weighted by atomic mass is 19.1. The molecule has 0 aliphatic carbocycles. The van der Waals surface area contributed by atoms with E-state index in [0.29, 0.717) is 13.2 Å². The van der Waals surface area contributed by atoms with Crippen LogP contribution in [-0.2, 0) is 4.74 Å². The van der Waals surface area contributed by atoms with Crippen LogP contribution in [0.4, 0.5) is 4.39 Å². The lowest BCUT2D eigenvalue weighted by Gasteiger charge is -2.35. The standard InChI is InChI=1S/C20H19FN2O2/c21-16-5-3-14(4-6-16)20(23-8-10-25-11-9-23)17-13-18-15(12-19(17)24)2-1-7-22-18/h1-7,12-13,20,24H,8-11H2. The number of nitrogens with zero attached hydrogens (tertiary/aromatic N) is 2. The summed E-state index contributed by atoms with van der Waals surface area (Å²) >= 11 is 0. The molecule has 1 unspecified atom stereocenters. The van der Waals surface area contributed by atoms with Gasteiger partial charge >= 0.3 is 0 Å². The summed E-state index contributed by atoms with van der Waals surface area (Å²) in [5, 5.41) is 11.6. The lowest BCUT2D eigenvalue weighted by molar-refractivity contribution is 0.0236. The number of phenolic OH excluding ortho intramolecular Hbond substituents is 1. The summed E-state index contributed by atoms with van der Waals surface area (Å²) in [5.74, 6) is -0.0461. The minimum atomic E-state index is -0.270. The largest absolute Gasteiger partial charge is 0.508 e. The van der Waals surface area contributed by atoms with Gasteiger partial charge in [0.25, 0.3) is 0 Å². The fourth-order valence-corrected chi connectivity index (χ4v) is 3.41. The summed E-state index contributed by atoms with van der Waals surface area (Å²) in [6.07, 6.45) is 1.74. The molecular formula is C20H19FN2O2. The van der Waals surface area contributed by atoms with E-state index in [9.17, 15) is 9.50 Å². The third-order valence-corrected chi connectivity index (χ3v) is 4.64. The molecule has 1 N–H and O–H groups in total. The van der Waals surface area contributed by atoms with Crippen LogP contribution in [0.15, 0.2) is 54.7 Å². The minimum Gasteiger partial charge on any atom is -0.508 e. The monoisotopic (exact) mass is 338 g/mol. The molecule has 0 spiro atoms. The molecule has 0 saturated carbocycles. The van der Waals surface area contributed by atoms with E-state index in [1.54, 1.807) is 24.4 Å². The van der Waals surface area contributed by atoms with Gasteiger partial charge in [-0.2, -0.15) is 0 Å². The van der Waals surface area contributed by atoms with Gasteiger partial charge in [0.1, 0.15) is 11.6 Å². The van der Waals surface area contributed by atoms with Crippen molar-refractivity contribution in [3.8, 4) is 5.75 Å². The van der Waals surface area contributed by atoms with E-state index < -0.39 is 0 Å². The molecule has 1 fully saturated rings. The Morgan fingerprint density at radius 2 is 1.84 bits per heavy atom. The first-order valence-corrected chi connectivity index (χ1v) is 8.37. The molecule has 5 heteroatoms. The number of benzene rings is 2. The molecule has 2 aromatic carbocycles. The number of fused-ring (bicyclic) bond motifs is 1. The minimum absolute atomic E-state index is 0.170. The van der Waals surface area contributed by atoms with Gasteiger partial charge < -0.3 is 9.84 Å².